The number of carbonyl (C=O) groups excluding carboxylic acids is 2. The molecule has 2 aromatic heterocycles. The largest absolute Gasteiger partial charge is 0.486 e. The first kappa shape index (κ1) is 52.3. The molecule has 1 unspecified atom stereocenters. The first-order valence-corrected chi connectivity index (χ1v) is 27.0. The van der Waals surface area contributed by atoms with Crippen molar-refractivity contribution in [3.05, 3.63) is 155 Å². The fraction of sp³-hybridized carbons (Fsp3) is 0.377. The molecule has 16 nitrogen and oxygen atoms in total. The Morgan fingerprint density at radius 1 is 0.545 bits per heavy atom. The zero-order chi connectivity index (χ0) is 53.3. The van der Waals surface area contributed by atoms with Gasteiger partial charge in [-0.3, -0.25) is 29.2 Å². The number of hydrogen-bond acceptors (Lipinski definition) is 14. The zero-order valence-electron chi connectivity index (χ0n) is 44.2. The Morgan fingerprint density at radius 3 is 1.31 bits per heavy atom. The average molecular weight is 1040 g/mol. The Bertz CT molecular complexity index is 2870. The molecule has 396 valence electrons. The van der Waals surface area contributed by atoms with Gasteiger partial charge in [0.1, 0.15) is 38.1 Å². The Hall–Kier alpha value is -8.18. The van der Waals surface area contributed by atoms with Crippen LogP contribution in [0.2, 0.25) is 0 Å². The summed E-state index contributed by atoms with van der Waals surface area (Å²) in [5, 5.41) is 18.7. The highest BCUT2D eigenvalue weighted by molar-refractivity contribution is 6.06. The van der Waals surface area contributed by atoms with E-state index >= 15 is 0 Å². The van der Waals surface area contributed by atoms with Crippen molar-refractivity contribution in [3.63, 3.8) is 0 Å². The summed E-state index contributed by atoms with van der Waals surface area (Å²) in [5.41, 5.74) is 6.22. The van der Waals surface area contributed by atoms with Gasteiger partial charge in [-0.1, -0.05) is 44.0 Å². The quantitative estimate of drug-likeness (QED) is 0.0852. The van der Waals surface area contributed by atoms with Crippen LogP contribution in [0.3, 0.4) is 0 Å². The van der Waals surface area contributed by atoms with Crippen molar-refractivity contribution in [1.82, 2.24) is 19.8 Å². The van der Waals surface area contributed by atoms with E-state index < -0.39 is 0 Å². The number of amides is 2. The molecular formula is C61H66N10O6. The molecule has 0 saturated carbocycles. The van der Waals surface area contributed by atoms with Crippen LogP contribution in [0.25, 0.3) is 0 Å². The SMILES string of the molecule is CCCCC(c1ccc(N2CCN([C@H](C)CN(C(=O)c3ccc(C#N)cc3)c3ccccn3)CC2)c2c1OCCO2)c1ccc(N2CCN([C@@H](C)CN(C(=O)c3ccc(C#N)cc3)c3ccccn3)CC2)c2c1OCCO2. The Morgan fingerprint density at radius 2 is 0.948 bits per heavy atom. The maximum atomic E-state index is 14.0. The van der Waals surface area contributed by atoms with Gasteiger partial charge in [0, 0.05) is 118 Å². The number of ether oxygens (including phenoxy) is 4. The highest BCUT2D eigenvalue weighted by Gasteiger charge is 2.35. The predicted molar refractivity (Wildman–Crippen MR) is 297 cm³/mol. The third-order valence-corrected chi connectivity index (χ3v) is 15.3. The van der Waals surface area contributed by atoms with Gasteiger partial charge in [-0.25, -0.2) is 9.97 Å². The summed E-state index contributed by atoms with van der Waals surface area (Å²) < 4.78 is 26.4. The van der Waals surface area contributed by atoms with E-state index in [-0.39, 0.29) is 29.8 Å². The number of piperazine rings is 2. The maximum absolute atomic E-state index is 14.0. The lowest BCUT2D eigenvalue weighted by Gasteiger charge is -2.41. The molecule has 0 N–H and O–H groups in total. The molecule has 2 saturated heterocycles. The minimum absolute atomic E-state index is 0.0360. The topological polar surface area (TPSA) is 164 Å². The lowest BCUT2D eigenvalue weighted by Crippen LogP contribution is -2.53. The van der Waals surface area contributed by atoms with Gasteiger partial charge in [-0.05, 0) is 105 Å². The molecule has 0 aliphatic carbocycles. The summed E-state index contributed by atoms with van der Waals surface area (Å²) in [6, 6.07) is 37.9. The number of rotatable bonds is 17. The number of pyridine rings is 2. The van der Waals surface area contributed by atoms with E-state index in [0.717, 1.165) is 117 Å². The van der Waals surface area contributed by atoms with Crippen molar-refractivity contribution in [2.45, 2.75) is 58.0 Å². The lowest BCUT2D eigenvalue weighted by molar-refractivity contribution is 0.0966. The number of unbranched alkanes of at least 4 members (excludes halogenated alkanes) is 1. The molecule has 4 aliphatic heterocycles. The molecule has 77 heavy (non-hydrogen) atoms. The van der Waals surface area contributed by atoms with Crippen LogP contribution >= 0.6 is 0 Å². The summed E-state index contributed by atoms with van der Waals surface area (Å²) >= 11 is 0. The smallest absolute Gasteiger partial charge is 0.259 e. The molecule has 2 amide bonds. The van der Waals surface area contributed by atoms with Crippen LogP contribution in [-0.2, 0) is 0 Å². The van der Waals surface area contributed by atoms with E-state index in [1.165, 1.54) is 0 Å². The third kappa shape index (κ3) is 11.5. The molecule has 6 heterocycles. The van der Waals surface area contributed by atoms with Crippen LogP contribution < -0.4 is 38.5 Å². The second kappa shape index (κ2) is 24.2. The minimum atomic E-state index is -0.157. The second-order valence-electron chi connectivity index (χ2n) is 20.1. The Labute approximate surface area is 451 Å². The van der Waals surface area contributed by atoms with Crippen LogP contribution in [0.5, 0.6) is 23.0 Å². The number of benzene rings is 4. The number of carbonyl (C=O) groups is 2. The van der Waals surface area contributed by atoms with Gasteiger partial charge in [0.25, 0.3) is 11.8 Å². The average Bonchev–Trinajstić information content (AvgIpc) is 3.51. The number of aromatic nitrogens is 2. The van der Waals surface area contributed by atoms with Gasteiger partial charge in [-0.15, -0.1) is 0 Å². The summed E-state index contributed by atoms with van der Waals surface area (Å²) in [5.74, 6) is 3.96. The normalized spacial score (nSPS) is 16.6. The Balaban J connectivity index is 0.835. The molecule has 3 atom stereocenters. The van der Waals surface area contributed by atoms with Crippen LogP contribution in [0, 0.1) is 22.7 Å². The predicted octanol–water partition coefficient (Wildman–Crippen LogP) is 8.80. The lowest BCUT2D eigenvalue weighted by atomic mass is 9.84. The Kier molecular flexibility index (Phi) is 16.4. The van der Waals surface area contributed by atoms with E-state index in [1.807, 2.05) is 36.4 Å². The minimum Gasteiger partial charge on any atom is -0.486 e. The first-order valence-electron chi connectivity index (χ1n) is 27.0. The van der Waals surface area contributed by atoms with Crippen molar-refractivity contribution in [1.29, 1.82) is 10.5 Å². The van der Waals surface area contributed by atoms with Crippen molar-refractivity contribution in [3.8, 4) is 35.1 Å². The van der Waals surface area contributed by atoms with Gasteiger partial charge in [-0.2, -0.15) is 10.5 Å². The van der Waals surface area contributed by atoms with Gasteiger partial charge in [0.15, 0.2) is 23.0 Å². The molecule has 4 aliphatic rings. The van der Waals surface area contributed by atoms with Gasteiger partial charge in [0.2, 0.25) is 0 Å². The standard InChI is InChI=1S/C61H66N10O6/c1-4-5-10-49(50-21-23-52(58-56(50)74-35-37-76-58)68-31-27-66(28-32-68)43(2)41-70(54-11-6-8-25-64-54)60(72)47-17-13-45(39-62)14-18-47)51-22-24-53(59-57(51)75-36-38-77-59)69-33-29-67(30-34-69)44(3)42-71(55-12-7-9-26-65-55)61(73)48-19-15-46(40-63)16-20-48/h6-9,11-26,43-44,49H,4-5,10,27-38,41-42H2,1-3H3/t43-,44+,49?. The molecule has 2 fully saturated rings. The molecular weight excluding hydrogens is 969 g/mol. The van der Waals surface area contributed by atoms with Crippen LogP contribution in [0.15, 0.2) is 122 Å². The number of hydrogen-bond donors (Lipinski definition) is 0. The van der Waals surface area contributed by atoms with Crippen molar-refractivity contribution >= 4 is 34.8 Å². The van der Waals surface area contributed by atoms with E-state index in [4.69, 9.17) is 18.9 Å². The van der Waals surface area contributed by atoms with E-state index in [1.54, 1.807) is 70.7 Å². The number of nitrogens with zero attached hydrogens (tertiary/aromatic N) is 10. The second-order valence-corrected chi connectivity index (χ2v) is 20.1. The third-order valence-electron chi connectivity index (χ3n) is 15.3. The highest BCUT2D eigenvalue weighted by atomic mass is 16.6. The number of fused-ring (bicyclic) bond motifs is 2. The van der Waals surface area contributed by atoms with E-state index in [0.29, 0.717) is 73.4 Å². The first-order chi connectivity index (χ1) is 37.7. The fourth-order valence-corrected chi connectivity index (χ4v) is 11.1. The highest BCUT2D eigenvalue weighted by Crippen LogP contribution is 2.52. The van der Waals surface area contributed by atoms with Crippen molar-refractivity contribution in [2.24, 2.45) is 0 Å². The van der Waals surface area contributed by atoms with Crippen molar-refractivity contribution in [2.75, 3.05) is 111 Å². The van der Waals surface area contributed by atoms with Gasteiger partial charge < -0.3 is 28.7 Å². The molecule has 6 aromatic rings. The molecule has 16 heteroatoms. The molecule has 10 rings (SSSR count). The monoisotopic (exact) mass is 1030 g/mol. The van der Waals surface area contributed by atoms with Gasteiger partial charge in [0.05, 0.1) is 34.6 Å². The molecule has 4 aromatic carbocycles. The van der Waals surface area contributed by atoms with Crippen molar-refractivity contribution < 1.29 is 28.5 Å². The summed E-state index contributed by atoms with van der Waals surface area (Å²) in [6.45, 7) is 15.5. The van der Waals surface area contributed by atoms with Crippen LogP contribution in [-0.4, -0.2) is 136 Å². The summed E-state index contributed by atoms with van der Waals surface area (Å²) in [4.78, 5) is 50.2. The van der Waals surface area contributed by atoms with Gasteiger partial charge >= 0.3 is 0 Å². The number of anilines is 4. The zero-order valence-corrected chi connectivity index (χ0v) is 44.2. The number of nitriles is 2. The van der Waals surface area contributed by atoms with Crippen LogP contribution in [0.1, 0.15) is 88.9 Å². The van der Waals surface area contributed by atoms with Crippen LogP contribution in [0.4, 0.5) is 23.0 Å². The molecule has 0 radical (unpaired) electrons. The van der Waals surface area contributed by atoms with E-state index in [2.05, 4.69) is 86.7 Å². The molecule has 0 bridgehead atoms. The molecule has 0 spiro atoms. The maximum Gasteiger partial charge on any atom is 0.259 e. The summed E-state index contributed by atoms with van der Waals surface area (Å²) in [7, 11) is 0. The fourth-order valence-electron chi connectivity index (χ4n) is 11.1. The summed E-state index contributed by atoms with van der Waals surface area (Å²) in [6.07, 6.45) is 6.33. The van der Waals surface area contributed by atoms with E-state index in [9.17, 15) is 20.1 Å².